The Morgan fingerprint density at radius 2 is 2.11 bits per heavy atom. The predicted octanol–water partition coefficient (Wildman–Crippen LogP) is 0.723. The molecule has 0 rings (SSSR count). The van der Waals surface area contributed by atoms with Gasteiger partial charge in [0.2, 0.25) is 0 Å². The Hall–Kier alpha value is -0.0800. The molecule has 0 aromatic rings. The molecule has 3 N–H and O–H groups in total. The van der Waals surface area contributed by atoms with Gasteiger partial charge in [0.1, 0.15) is 0 Å². The Kier molecular flexibility index (Phi) is 5.99. The van der Waals surface area contributed by atoms with Crippen molar-refractivity contribution in [3.63, 3.8) is 0 Å². The van der Waals surface area contributed by atoms with E-state index in [2.05, 4.69) is 19.2 Å². The Labute approximate surface area is 57.8 Å². The second-order valence-electron chi connectivity index (χ2n) is 2.37. The number of nitrogens with one attached hydrogen (secondary N) is 1. The minimum absolute atomic E-state index is 0.344. The van der Waals surface area contributed by atoms with Crippen molar-refractivity contribution < 1.29 is 0 Å². The highest BCUT2D eigenvalue weighted by Gasteiger charge is 1.94. The van der Waals surface area contributed by atoms with Crippen LogP contribution in [0.2, 0.25) is 0 Å². The molecule has 0 bridgehead atoms. The van der Waals surface area contributed by atoms with Crippen molar-refractivity contribution >= 4 is 0 Å². The van der Waals surface area contributed by atoms with Gasteiger partial charge in [-0.3, -0.25) is 0 Å². The molecule has 56 valence electrons. The van der Waals surface area contributed by atoms with E-state index in [4.69, 9.17) is 5.73 Å². The van der Waals surface area contributed by atoms with Gasteiger partial charge in [0, 0.05) is 12.6 Å². The van der Waals surface area contributed by atoms with E-state index in [1.165, 1.54) is 6.42 Å². The van der Waals surface area contributed by atoms with Crippen LogP contribution >= 0.6 is 0 Å². The lowest BCUT2D eigenvalue weighted by atomic mass is 10.2. The molecule has 0 aromatic carbocycles. The molecule has 0 aliphatic carbocycles. The van der Waals surface area contributed by atoms with E-state index < -0.39 is 0 Å². The number of hydrogen-bond acceptors (Lipinski definition) is 2. The van der Waals surface area contributed by atoms with Gasteiger partial charge in [-0.2, -0.15) is 0 Å². The van der Waals surface area contributed by atoms with Gasteiger partial charge in [-0.15, -0.1) is 0 Å². The summed E-state index contributed by atoms with van der Waals surface area (Å²) in [7, 11) is 0. The highest BCUT2D eigenvalue weighted by Crippen LogP contribution is 1.81. The van der Waals surface area contributed by atoms with Crippen LogP contribution in [0, 0.1) is 0 Å². The molecule has 0 saturated carbocycles. The third kappa shape index (κ3) is 5.80. The van der Waals surface area contributed by atoms with Crippen molar-refractivity contribution in [2.45, 2.75) is 32.7 Å². The molecule has 0 radical (unpaired) electrons. The number of rotatable bonds is 5. The summed E-state index contributed by atoms with van der Waals surface area (Å²) in [6.45, 7) is 6.32. The maximum absolute atomic E-state index is 5.65. The van der Waals surface area contributed by atoms with Crippen molar-refractivity contribution in [2.24, 2.45) is 5.73 Å². The van der Waals surface area contributed by atoms with Gasteiger partial charge >= 0.3 is 0 Å². The van der Waals surface area contributed by atoms with E-state index in [1.807, 2.05) is 0 Å². The zero-order chi connectivity index (χ0) is 7.11. The van der Waals surface area contributed by atoms with Gasteiger partial charge in [0.25, 0.3) is 0 Å². The maximum Gasteiger partial charge on any atom is 0.0162 e. The van der Waals surface area contributed by atoms with Gasteiger partial charge < -0.3 is 11.1 Å². The van der Waals surface area contributed by atoms with Gasteiger partial charge in [-0.05, 0) is 19.4 Å². The second-order valence-corrected chi connectivity index (χ2v) is 2.37. The SMILES string of the molecule is CCCNCC(N)CC. The maximum atomic E-state index is 5.65. The molecular weight excluding hydrogens is 112 g/mol. The average molecular weight is 130 g/mol. The first kappa shape index (κ1) is 8.92. The Balaban J connectivity index is 2.88. The van der Waals surface area contributed by atoms with E-state index in [1.54, 1.807) is 0 Å². The smallest absolute Gasteiger partial charge is 0.0162 e. The van der Waals surface area contributed by atoms with Gasteiger partial charge in [-0.25, -0.2) is 0 Å². The summed E-state index contributed by atoms with van der Waals surface area (Å²) in [5.41, 5.74) is 5.65. The lowest BCUT2D eigenvalue weighted by Crippen LogP contribution is -2.33. The van der Waals surface area contributed by atoms with Gasteiger partial charge in [-0.1, -0.05) is 13.8 Å². The van der Waals surface area contributed by atoms with E-state index >= 15 is 0 Å². The molecule has 1 unspecified atom stereocenters. The first-order chi connectivity index (χ1) is 4.31. The van der Waals surface area contributed by atoms with Crippen molar-refractivity contribution in [1.29, 1.82) is 0 Å². The normalized spacial score (nSPS) is 13.7. The zero-order valence-corrected chi connectivity index (χ0v) is 6.48. The fourth-order valence-corrected chi connectivity index (χ4v) is 0.609. The summed E-state index contributed by atoms with van der Waals surface area (Å²) in [5, 5.41) is 3.26. The number of nitrogens with two attached hydrogens (primary N) is 1. The van der Waals surface area contributed by atoms with Crippen LogP contribution in [-0.2, 0) is 0 Å². The zero-order valence-electron chi connectivity index (χ0n) is 6.48. The van der Waals surface area contributed by atoms with Crippen molar-refractivity contribution in [2.75, 3.05) is 13.1 Å². The summed E-state index contributed by atoms with van der Waals surface area (Å²) in [4.78, 5) is 0. The summed E-state index contributed by atoms with van der Waals surface area (Å²) in [6, 6.07) is 0.344. The molecule has 0 heterocycles. The fraction of sp³-hybridized carbons (Fsp3) is 1.00. The van der Waals surface area contributed by atoms with E-state index in [0.29, 0.717) is 6.04 Å². The van der Waals surface area contributed by atoms with Crippen LogP contribution in [-0.4, -0.2) is 19.1 Å². The van der Waals surface area contributed by atoms with E-state index in [-0.39, 0.29) is 0 Å². The van der Waals surface area contributed by atoms with Crippen LogP contribution in [0.3, 0.4) is 0 Å². The first-order valence-corrected chi connectivity index (χ1v) is 3.77. The van der Waals surface area contributed by atoms with Crippen LogP contribution in [0.4, 0.5) is 0 Å². The molecule has 2 heteroatoms. The fourth-order valence-electron chi connectivity index (χ4n) is 0.609. The lowest BCUT2D eigenvalue weighted by molar-refractivity contribution is 0.561. The molecule has 0 fully saturated rings. The highest BCUT2D eigenvalue weighted by atomic mass is 14.9. The molecule has 2 nitrogen and oxygen atoms in total. The number of hydrogen-bond donors (Lipinski definition) is 2. The molecule has 0 amide bonds. The first-order valence-electron chi connectivity index (χ1n) is 3.77. The van der Waals surface area contributed by atoms with E-state index in [0.717, 1.165) is 19.5 Å². The molecule has 0 spiro atoms. The topological polar surface area (TPSA) is 38.0 Å². The summed E-state index contributed by atoms with van der Waals surface area (Å²) < 4.78 is 0. The standard InChI is InChI=1S/C7H18N2/c1-3-5-9-6-7(8)4-2/h7,9H,3-6,8H2,1-2H3. The predicted molar refractivity (Wildman–Crippen MR) is 41.4 cm³/mol. The molecule has 1 atom stereocenters. The third-order valence-electron chi connectivity index (χ3n) is 1.36. The van der Waals surface area contributed by atoms with Crippen LogP contribution in [0.1, 0.15) is 26.7 Å². The van der Waals surface area contributed by atoms with E-state index in [9.17, 15) is 0 Å². The summed E-state index contributed by atoms with van der Waals surface area (Å²) >= 11 is 0. The highest BCUT2D eigenvalue weighted by molar-refractivity contribution is 4.60. The van der Waals surface area contributed by atoms with Crippen molar-refractivity contribution in [3.05, 3.63) is 0 Å². The molecule has 0 aromatic heterocycles. The van der Waals surface area contributed by atoms with Crippen LogP contribution in [0.5, 0.6) is 0 Å². The Morgan fingerprint density at radius 3 is 2.56 bits per heavy atom. The molecule has 0 aliphatic heterocycles. The lowest BCUT2D eigenvalue weighted by Gasteiger charge is -2.08. The monoisotopic (exact) mass is 130 g/mol. The molecule has 0 aliphatic rings. The van der Waals surface area contributed by atoms with Crippen molar-refractivity contribution in [1.82, 2.24) is 5.32 Å². The Morgan fingerprint density at radius 1 is 1.44 bits per heavy atom. The third-order valence-corrected chi connectivity index (χ3v) is 1.36. The summed E-state index contributed by atoms with van der Waals surface area (Å²) in [6.07, 6.45) is 2.26. The molecule has 0 saturated heterocycles. The minimum Gasteiger partial charge on any atom is -0.327 e. The minimum atomic E-state index is 0.344. The van der Waals surface area contributed by atoms with Crippen LogP contribution in [0.25, 0.3) is 0 Å². The summed E-state index contributed by atoms with van der Waals surface area (Å²) in [5.74, 6) is 0. The van der Waals surface area contributed by atoms with Gasteiger partial charge in [0.15, 0.2) is 0 Å². The van der Waals surface area contributed by atoms with Crippen LogP contribution in [0.15, 0.2) is 0 Å². The quantitative estimate of drug-likeness (QED) is 0.538. The van der Waals surface area contributed by atoms with Crippen molar-refractivity contribution in [3.8, 4) is 0 Å². The largest absolute Gasteiger partial charge is 0.327 e. The van der Waals surface area contributed by atoms with Gasteiger partial charge in [0.05, 0.1) is 0 Å². The Bertz CT molecular complexity index is 54.9. The molecule has 9 heavy (non-hydrogen) atoms. The van der Waals surface area contributed by atoms with Crippen LogP contribution < -0.4 is 11.1 Å². The second kappa shape index (κ2) is 6.05. The molecular formula is C7H18N2. The average Bonchev–Trinajstić information content (AvgIpc) is 1.89.